The summed E-state index contributed by atoms with van der Waals surface area (Å²) in [4.78, 5) is 30.0. The van der Waals surface area contributed by atoms with Crippen LogP contribution in [-0.2, 0) is 16.0 Å². The number of aliphatic hydroxyl groups is 6. The molecule has 0 amide bonds. The van der Waals surface area contributed by atoms with Crippen LogP contribution in [0.15, 0.2) is 111 Å². The number of aromatic hydroxyl groups is 2. The highest BCUT2D eigenvalue weighted by Crippen LogP contribution is 2.53. The molecule has 17 N–H and O–H groups in total. The Hall–Kier alpha value is -7.12. The Morgan fingerprint density at radius 2 is 1.79 bits per heavy atom. The van der Waals surface area contributed by atoms with Gasteiger partial charge in [0.1, 0.15) is 51.9 Å². The van der Waals surface area contributed by atoms with E-state index >= 15 is 0 Å². The fourth-order valence-corrected chi connectivity index (χ4v) is 9.80. The number of benzene rings is 3. The van der Waals surface area contributed by atoms with Crippen molar-refractivity contribution in [2.75, 3.05) is 32.1 Å². The summed E-state index contributed by atoms with van der Waals surface area (Å²) in [5.74, 6) is -4.59. The third kappa shape index (κ3) is 9.12. The number of phenols is 2. The summed E-state index contributed by atoms with van der Waals surface area (Å²) < 4.78 is 30.2. The Balaban J connectivity index is 1.13. The zero-order valence-electron chi connectivity index (χ0n) is 38.0. The molecular formula is C49H54N6O16. The Bertz CT molecular complexity index is 2990. The van der Waals surface area contributed by atoms with Crippen molar-refractivity contribution in [3.05, 3.63) is 129 Å². The summed E-state index contributed by atoms with van der Waals surface area (Å²) in [6, 6.07) is 14.8. The number of aliphatic hydroxyl groups excluding tert-OH is 4. The van der Waals surface area contributed by atoms with Crippen LogP contribution in [0.5, 0.6) is 28.7 Å². The van der Waals surface area contributed by atoms with E-state index in [4.69, 9.17) is 34.8 Å². The lowest BCUT2D eigenvalue weighted by molar-refractivity contribution is -0.344. The van der Waals surface area contributed by atoms with E-state index in [0.29, 0.717) is 52.6 Å². The molecule has 2 aromatic heterocycles. The van der Waals surface area contributed by atoms with Crippen LogP contribution in [-0.4, -0.2) is 125 Å². The molecule has 0 spiro atoms. The van der Waals surface area contributed by atoms with Gasteiger partial charge in [0.15, 0.2) is 34.7 Å². The normalized spacial score (nSPS) is 26.4. The van der Waals surface area contributed by atoms with Gasteiger partial charge in [-0.05, 0) is 90.7 Å². The first-order chi connectivity index (χ1) is 33.9. The topological polar surface area (TPSA) is 370 Å². The van der Waals surface area contributed by atoms with Crippen LogP contribution in [0.2, 0.25) is 0 Å². The third-order valence-corrected chi connectivity index (χ3v) is 13.2. The van der Waals surface area contributed by atoms with E-state index in [2.05, 4.69) is 20.9 Å². The number of ether oxygens (including phenoxy) is 4. The molecule has 2 saturated heterocycles. The molecule has 2 fully saturated rings. The number of dihydropyridines is 1. The highest BCUT2D eigenvalue weighted by Gasteiger charge is 2.71. The summed E-state index contributed by atoms with van der Waals surface area (Å²) in [6.07, 6.45) is -5.99. The van der Waals surface area contributed by atoms with E-state index in [0.717, 1.165) is 12.1 Å². The molecule has 22 nitrogen and oxygen atoms in total. The van der Waals surface area contributed by atoms with Crippen LogP contribution in [0, 0.1) is 5.92 Å². The molecule has 2 bridgehead atoms. The Kier molecular flexibility index (Phi) is 13.2. The molecule has 5 aromatic rings. The van der Waals surface area contributed by atoms with Crippen LogP contribution in [0.3, 0.4) is 0 Å². The second kappa shape index (κ2) is 19.2. The number of nitrogen functional groups attached to an aromatic ring is 1. The molecule has 10 unspecified atom stereocenters. The van der Waals surface area contributed by atoms with Gasteiger partial charge in [0.05, 0.1) is 12.4 Å². The van der Waals surface area contributed by atoms with Gasteiger partial charge in [0.2, 0.25) is 18.3 Å². The number of nitrogens with one attached hydrogen (secondary N) is 4. The summed E-state index contributed by atoms with van der Waals surface area (Å²) in [5.41, 5.74) is 7.38. The lowest BCUT2D eigenvalue weighted by Crippen LogP contribution is -2.79. The number of rotatable bonds is 16. The molecule has 0 radical (unpaired) electrons. The number of hydrogen-bond acceptors (Lipinski definition) is 20. The van der Waals surface area contributed by atoms with Gasteiger partial charge in [-0.3, -0.25) is 10.1 Å². The second-order valence-electron chi connectivity index (χ2n) is 17.9. The number of aliphatic carboxylic acids is 1. The van der Waals surface area contributed by atoms with Crippen molar-refractivity contribution >= 4 is 22.8 Å². The molecule has 71 heavy (non-hydrogen) atoms. The van der Waals surface area contributed by atoms with Gasteiger partial charge in [-0.25, -0.2) is 4.79 Å². The molecular weight excluding hydrogens is 929 g/mol. The van der Waals surface area contributed by atoms with Gasteiger partial charge >= 0.3 is 5.97 Å². The molecule has 4 aliphatic rings. The fraction of sp³-hybridized carbons (Fsp3) is 0.347. The Morgan fingerprint density at radius 3 is 2.45 bits per heavy atom. The van der Waals surface area contributed by atoms with Gasteiger partial charge < -0.3 is 96.4 Å². The number of phenolic OH excluding ortho intramolecular Hbond substituents is 2. The number of fused-ring (bicyclic) bond motifs is 3. The number of nitrogens with two attached hydrogens (primary N) is 2. The number of carboxylic acid groups (broad SMARTS) is 1. The van der Waals surface area contributed by atoms with E-state index in [9.17, 15) is 55.5 Å². The van der Waals surface area contributed by atoms with Crippen molar-refractivity contribution in [2.24, 2.45) is 11.7 Å². The van der Waals surface area contributed by atoms with Crippen LogP contribution in [0.25, 0.3) is 22.3 Å². The number of anilines is 1. The zero-order chi connectivity index (χ0) is 50.5. The minimum Gasteiger partial charge on any atom is -0.508 e. The molecule has 5 heterocycles. The number of allylic oxidation sites excluding steroid dienone is 2. The lowest BCUT2D eigenvalue weighted by Gasteiger charge is -2.58. The van der Waals surface area contributed by atoms with Crippen LogP contribution < -0.4 is 47.1 Å². The van der Waals surface area contributed by atoms with Crippen molar-refractivity contribution in [1.29, 1.82) is 0 Å². The van der Waals surface area contributed by atoms with Crippen LogP contribution >= 0.6 is 0 Å². The minimum atomic E-state index is -2.75. The molecule has 10 atom stereocenters. The quantitative estimate of drug-likeness (QED) is 0.0478. The van der Waals surface area contributed by atoms with Crippen molar-refractivity contribution in [3.8, 4) is 40.1 Å². The predicted octanol–water partition coefficient (Wildman–Crippen LogP) is 0.693. The largest absolute Gasteiger partial charge is 0.508 e. The summed E-state index contributed by atoms with van der Waals surface area (Å²) in [7, 11) is 0. The standard InChI is InChI=1S/C49H54N6O16/c1-2-22-11-25(15-27(57)13-22)45(63)70-42-34(17-33-38(41(42)60)31(58)16-32(68-33)24-3-5-28(6-4-24)67-35(20-56)40(59)29-7-8-36(50)55-29)69-47-48(65)18-26(12-23-9-10-53-37(51)14-23)39(30-19-52-21-54-30)49(66,46(48)64)43(71-47)44(61)62/h3-9,11,13-18,30,35,39-40,43,45-47,52-57,59-60,63-66H,2,10,12,19-21,50-51H2,1H3,(H,61,62). The third-order valence-electron chi connectivity index (χ3n) is 13.2. The summed E-state index contributed by atoms with van der Waals surface area (Å²) in [6.45, 7) is 2.12. The van der Waals surface area contributed by atoms with Crippen molar-refractivity contribution in [2.45, 2.75) is 74.0 Å². The maximum atomic E-state index is 14.0. The fourth-order valence-electron chi connectivity index (χ4n) is 9.80. The number of H-pyrrole nitrogens is 1. The van der Waals surface area contributed by atoms with Gasteiger partial charge in [0.25, 0.3) is 0 Å². The maximum Gasteiger partial charge on any atom is 0.336 e. The first-order valence-electron chi connectivity index (χ1n) is 22.7. The summed E-state index contributed by atoms with van der Waals surface area (Å²) >= 11 is 0. The average molecular weight is 983 g/mol. The number of aromatic nitrogens is 1. The predicted molar refractivity (Wildman–Crippen MR) is 251 cm³/mol. The number of aryl methyl sites for hydroxylation is 1. The van der Waals surface area contributed by atoms with E-state index in [1.165, 1.54) is 48.5 Å². The average Bonchev–Trinajstić information content (AvgIpc) is 4.03. The SMILES string of the molecule is CCc1cc(O)cc(C(O)Oc2c(OC3OC(C(=O)O)C4(O)C(C5CNCN5)C(CC5=CCNC(N)=C5)=CC3(O)C4O)cc3oc(-c4ccc(OC(CO)C(O)c5ccc(N)[nH]5)cc4)cc(=O)c3c2O)c1. The smallest absolute Gasteiger partial charge is 0.336 e. The highest BCUT2D eigenvalue weighted by atomic mass is 16.7. The molecule has 3 aliphatic heterocycles. The monoisotopic (exact) mass is 982 g/mol. The van der Waals surface area contributed by atoms with Crippen LogP contribution in [0.1, 0.15) is 42.6 Å². The lowest BCUT2D eigenvalue weighted by atomic mass is 9.59. The molecule has 22 heteroatoms. The number of carbonyl (C=O) groups is 1. The van der Waals surface area contributed by atoms with Gasteiger partial charge in [-0.15, -0.1) is 0 Å². The van der Waals surface area contributed by atoms with E-state index in [1.54, 1.807) is 18.2 Å². The molecule has 376 valence electrons. The summed E-state index contributed by atoms with van der Waals surface area (Å²) in [5, 5.41) is 112. The van der Waals surface area contributed by atoms with Crippen LogP contribution in [0.4, 0.5) is 5.82 Å². The Morgan fingerprint density at radius 1 is 1.01 bits per heavy atom. The highest BCUT2D eigenvalue weighted by molar-refractivity contribution is 5.89. The van der Waals surface area contributed by atoms with Gasteiger partial charge in [-0.2, -0.15) is 0 Å². The molecule has 3 aromatic carbocycles. The number of aromatic amines is 1. The van der Waals surface area contributed by atoms with Gasteiger partial charge in [-0.1, -0.05) is 18.6 Å². The maximum absolute atomic E-state index is 14.0. The first kappa shape index (κ1) is 48.9. The van der Waals surface area contributed by atoms with Crippen molar-refractivity contribution in [1.82, 2.24) is 20.9 Å². The van der Waals surface area contributed by atoms with Crippen molar-refractivity contribution in [3.63, 3.8) is 0 Å². The van der Waals surface area contributed by atoms with E-state index in [1.807, 2.05) is 13.0 Å². The zero-order valence-corrected chi connectivity index (χ0v) is 38.0. The number of carboxylic acids is 1. The molecule has 0 saturated carbocycles. The Labute approximate surface area is 403 Å². The molecule has 9 rings (SSSR count). The molecule has 1 aliphatic carbocycles. The van der Waals surface area contributed by atoms with Gasteiger partial charge in [0, 0.05) is 60.7 Å². The van der Waals surface area contributed by atoms with Crippen molar-refractivity contribution < 1.29 is 74.1 Å². The number of hydrogen-bond donors (Lipinski definition) is 15. The van der Waals surface area contributed by atoms with E-state index in [-0.39, 0.29) is 48.0 Å². The minimum absolute atomic E-state index is 0.0118. The van der Waals surface area contributed by atoms with E-state index < -0.39 is 101 Å². The second-order valence-corrected chi connectivity index (χ2v) is 17.9. The first-order valence-corrected chi connectivity index (χ1v) is 22.7.